The molecule has 0 amide bonds. The Morgan fingerprint density at radius 1 is 1.21 bits per heavy atom. The van der Waals surface area contributed by atoms with Crippen molar-refractivity contribution in [2.24, 2.45) is 10.2 Å². The fraction of sp³-hybridized carbons (Fsp3) is 0.0714. The molecule has 0 bridgehead atoms. The normalized spacial score (nSPS) is 13.2. The van der Waals surface area contributed by atoms with Gasteiger partial charge < -0.3 is 5.11 Å². The first-order valence-corrected chi connectivity index (χ1v) is 7.79. The molecule has 0 aliphatic rings. The maximum absolute atomic E-state index is 12.7. The number of hydrogen-bond donors (Lipinski definition) is 1. The topological polar surface area (TPSA) is 62.0 Å². The maximum Gasteiger partial charge on any atom is 0.456 e. The minimum Gasteiger partial charge on any atom is -0.504 e. The van der Waals surface area contributed by atoms with Gasteiger partial charge in [-0.15, -0.1) is 21.6 Å². The summed E-state index contributed by atoms with van der Waals surface area (Å²) >= 11 is 12.5. The van der Waals surface area contributed by atoms with E-state index in [9.17, 15) is 23.1 Å². The fourth-order valence-electron chi connectivity index (χ4n) is 1.53. The van der Waals surface area contributed by atoms with E-state index < -0.39 is 23.4 Å². The molecular weight excluding hydrogens is 388 g/mol. The molecule has 0 unspecified atom stereocenters. The van der Waals surface area contributed by atoms with E-state index in [1.807, 2.05) is 0 Å². The van der Waals surface area contributed by atoms with Crippen LogP contribution in [0.15, 0.2) is 51.6 Å². The smallest absolute Gasteiger partial charge is 0.456 e. The number of Topliss-reactive ketones (excluding diaryl/α,β-unsaturated/α-hetero) is 1. The first-order valence-electron chi connectivity index (χ1n) is 6.15. The van der Waals surface area contributed by atoms with Crippen molar-refractivity contribution in [3.8, 4) is 0 Å². The molecule has 1 N–H and O–H groups in total. The van der Waals surface area contributed by atoms with Crippen LogP contribution in [0.1, 0.15) is 4.88 Å². The lowest BCUT2D eigenvalue weighted by Crippen LogP contribution is -2.24. The lowest BCUT2D eigenvalue weighted by Gasteiger charge is -2.07. The van der Waals surface area contributed by atoms with E-state index in [4.69, 9.17) is 23.2 Å². The molecular formula is C14H7Cl2F3N2O2S. The van der Waals surface area contributed by atoms with Crippen LogP contribution in [0.3, 0.4) is 0 Å². The number of rotatable bonds is 4. The fourth-order valence-corrected chi connectivity index (χ4v) is 2.65. The number of thiophene rings is 1. The number of allylic oxidation sites excluding steroid dienone is 1. The summed E-state index contributed by atoms with van der Waals surface area (Å²) < 4.78 is 38.2. The Labute approximate surface area is 147 Å². The molecule has 24 heavy (non-hydrogen) atoms. The Kier molecular flexibility index (Phi) is 5.63. The van der Waals surface area contributed by atoms with E-state index in [2.05, 4.69) is 10.2 Å². The van der Waals surface area contributed by atoms with Crippen LogP contribution in [0.2, 0.25) is 10.0 Å². The largest absolute Gasteiger partial charge is 0.504 e. The number of azo groups is 1. The van der Waals surface area contributed by atoms with Crippen molar-refractivity contribution in [3.63, 3.8) is 0 Å². The summed E-state index contributed by atoms with van der Waals surface area (Å²) in [5.74, 6) is -3.23. The summed E-state index contributed by atoms with van der Waals surface area (Å²) in [6, 6.07) is 6.86. The number of hydrogen-bond acceptors (Lipinski definition) is 5. The summed E-state index contributed by atoms with van der Waals surface area (Å²) in [6.07, 6.45) is -5.22. The number of carbonyl (C=O) groups excluding carboxylic acids is 1. The quantitative estimate of drug-likeness (QED) is 0.381. The van der Waals surface area contributed by atoms with Gasteiger partial charge in [-0.2, -0.15) is 13.2 Å². The summed E-state index contributed by atoms with van der Waals surface area (Å²) in [4.78, 5) is 11.6. The lowest BCUT2D eigenvalue weighted by atomic mass is 10.2. The highest BCUT2D eigenvalue weighted by Crippen LogP contribution is 2.32. The van der Waals surface area contributed by atoms with Crippen molar-refractivity contribution in [3.05, 3.63) is 56.3 Å². The Balaban J connectivity index is 2.49. The van der Waals surface area contributed by atoms with E-state index in [1.165, 1.54) is 35.7 Å². The number of nitrogens with zero attached hydrogens (tertiary/aromatic N) is 2. The predicted molar refractivity (Wildman–Crippen MR) is 85.9 cm³/mol. The Bertz CT molecular complexity index is 818. The van der Waals surface area contributed by atoms with Crippen molar-refractivity contribution < 1.29 is 23.1 Å². The molecule has 0 aliphatic carbocycles. The van der Waals surface area contributed by atoms with Gasteiger partial charge in [0.05, 0.1) is 9.90 Å². The summed E-state index contributed by atoms with van der Waals surface area (Å²) in [6.45, 7) is 0. The third-order valence-electron chi connectivity index (χ3n) is 2.62. The standard InChI is InChI=1S/C14H7Cl2F3N2O2S/c15-7-3-4-9(8(16)6-7)20-21-11(13(23)14(17,18)19)12(22)10-2-1-5-24-10/h1-6,22H/b12-11-,21-20?. The van der Waals surface area contributed by atoms with Gasteiger partial charge in [0.25, 0.3) is 5.78 Å². The molecule has 0 saturated heterocycles. The maximum atomic E-state index is 12.7. The molecule has 2 rings (SSSR count). The Hall–Kier alpha value is -1.90. The zero-order chi connectivity index (χ0) is 17.9. The van der Waals surface area contributed by atoms with Crippen LogP contribution in [-0.4, -0.2) is 17.1 Å². The first kappa shape index (κ1) is 18.4. The third-order valence-corrected chi connectivity index (χ3v) is 4.03. The van der Waals surface area contributed by atoms with E-state index in [1.54, 1.807) is 0 Å². The van der Waals surface area contributed by atoms with Crippen molar-refractivity contribution in [2.45, 2.75) is 6.18 Å². The summed E-state index contributed by atoms with van der Waals surface area (Å²) in [5.41, 5.74) is -1.23. The molecule has 0 atom stereocenters. The van der Waals surface area contributed by atoms with Crippen molar-refractivity contribution in [1.82, 2.24) is 0 Å². The molecule has 4 nitrogen and oxygen atoms in total. The number of carbonyl (C=O) groups is 1. The number of benzene rings is 1. The van der Waals surface area contributed by atoms with Crippen molar-refractivity contribution in [2.75, 3.05) is 0 Å². The Morgan fingerprint density at radius 3 is 2.46 bits per heavy atom. The van der Waals surface area contributed by atoms with Gasteiger partial charge in [-0.25, -0.2) is 0 Å². The van der Waals surface area contributed by atoms with Crippen LogP contribution >= 0.6 is 34.5 Å². The van der Waals surface area contributed by atoms with Crippen LogP contribution in [0, 0.1) is 0 Å². The molecule has 2 aromatic rings. The van der Waals surface area contributed by atoms with Gasteiger partial charge in [-0.05, 0) is 29.6 Å². The number of halogens is 5. The van der Waals surface area contributed by atoms with Gasteiger partial charge in [0, 0.05) is 5.02 Å². The highest BCUT2D eigenvalue weighted by atomic mass is 35.5. The molecule has 0 fully saturated rings. The minimum absolute atomic E-state index is 0.00693. The van der Waals surface area contributed by atoms with Crippen LogP contribution in [-0.2, 0) is 4.79 Å². The number of ketones is 1. The summed E-state index contributed by atoms with van der Waals surface area (Å²) in [7, 11) is 0. The molecule has 0 aliphatic heterocycles. The van der Waals surface area contributed by atoms with E-state index in [-0.39, 0.29) is 15.6 Å². The van der Waals surface area contributed by atoms with Crippen LogP contribution in [0.4, 0.5) is 18.9 Å². The third kappa shape index (κ3) is 4.34. The van der Waals surface area contributed by atoms with Gasteiger partial charge in [0.2, 0.25) is 0 Å². The second-order valence-electron chi connectivity index (χ2n) is 4.30. The lowest BCUT2D eigenvalue weighted by molar-refractivity contribution is -0.166. The molecule has 0 spiro atoms. The number of alkyl halides is 3. The van der Waals surface area contributed by atoms with Gasteiger partial charge in [-0.1, -0.05) is 29.3 Å². The average Bonchev–Trinajstić information content (AvgIpc) is 3.02. The molecule has 10 heteroatoms. The van der Waals surface area contributed by atoms with Gasteiger partial charge in [0.15, 0.2) is 11.5 Å². The second kappa shape index (κ2) is 7.33. The highest BCUT2D eigenvalue weighted by molar-refractivity contribution is 7.11. The van der Waals surface area contributed by atoms with Crippen molar-refractivity contribution >= 4 is 51.8 Å². The molecule has 1 heterocycles. The molecule has 126 valence electrons. The monoisotopic (exact) mass is 394 g/mol. The van der Waals surface area contributed by atoms with E-state index in [0.717, 1.165) is 11.3 Å². The van der Waals surface area contributed by atoms with Crippen LogP contribution < -0.4 is 0 Å². The predicted octanol–water partition coefficient (Wildman–Crippen LogP) is 6.20. The van der Waals surface area contributed by atoms with E-state index in [0.29, 0.717) is 5.02 Å². The van der Waals surface area contributed by atoms with Gasteiger partial charge >= 0.3 is 6.18 Å². The first-order chi connectivity index (χ1) is 11.2. The van der Waals surface area contributed by atoms with E-state index >= 15 is 0 Å². The van der Waals surface area contributed by atoms with Crippen LogP contribution in [0.25, 0.3) is 5.76 Å². The van der Waals surface area contributed by atoms with Crippen molar-refractivity contribution in [1.29, 1.82) is 0 Å². The van der Waals surface area contributed by atoms with Gasteiger partial charge in [-0.3, -0.25) is 4.79 Å². The summed E-state index contributed by atoms with van der Waals surface area (Å²) in [5, 5.41) is 18.6. The zero-order valence-corrected chi connectivity index (χ0v) is 13.8. The molecule has 1 aromatic carbocycles. The highest BCUT2D eigenvalue weighted by Gasteiger charge is 2.43. The Morgan fingerprint density at radius 2 is 1.92 bits per heavy atom. The van der Waals surface area contributed by atoms with Crippen LogP contribution in [0.5, 0.6) is 0 Å². The second-order valence-corrected chi connectivity index (χ2v) is 6.09. The molecule has 0 saturated carbocycles. The minimum atomic E-state index is -5.22. The number of aliphatic hydroxyl groups excluding tert-OH is 1. The zero-order valence-electron chi connectivity index (χ0n) is 11.5. The average molecular weight is 395 g/mol. The SMILES string of the molecule is O=C(/C(N=Nc1ccc(Cl)cc1Cl)=C(/O)c1cccs1)C(F)(F)F. The number of aliphatic hydroxyl groups is 1. The molecule has 0 radical (unpaired) electrons. The van der Waals surface area contributed by atoms with Gasteiger partial charge in [0.1, 0.15) is 5.69 Å². The molecule has 1 aromatic heterocycles.